The van der Waals surface area contributed by atoms with Crippen LogP contribution in [0.1, 0.15) is 5.56 Å². The summed E-state index contributed by atoms with van der Waals surface area (Å²) in [6.07, 6.45) is 1.65. The van der Waals surface area contributed by atoms with Gasteiger partial charge in [0.2, 0.25) is 0 Å². The van der Waals surface area contributed by atoms with Gasteiger partial charge in [-0.3, -0.25) is 14.5 Å². The second-order valence-corrected chi connectivity index (χ2v) is 7.76. The fraction of sp³-hybridized carbons (Fsp3) is 0.167. The number of fused-ring (bicyclic) bond motifs is 1. The van der Waals surface area contributed by atoms with Crippen molar-refractivity contribution >= 4 is 39.8 Å². The molecule has 0 aliphatic carbocycles. The number of hydrogen-bond donors (Lipinski definition) is 0. The Kier molecular flexibility index (Phi) is 6.13. The average molecular weight is 436 g/mol. The normalized spacial score (nSPS) is 15.0. The van der Waals surface area contributed by atoms with Gasteiger partial charge in [-0.1, -0.05) is 36.4 Å². The molecule has 31 heavy (non-hydrogen) atoms. The summed E-state index contributed by atoms with van der Waals surface area (Å²) >= 11 is 0.905. The molecule has 0 bridgehead atoms. The van der Waals surface area contributed by atoms with E-state index < -0.39 is 0 Å². The van der Waals surface area contributed by atoms with Crippen molar-refractivity contribution in [1.82, 2.24) is 4.90 Å². The van der Waals surface area contributed by atoms with Crippen molar-refractivity contribution in [2.24, 2.45) is 0 Å². The third-order valence-corrected chi connectivity index (χ3v) is 5.83. The molecular formula is C24H21NO5S. The van der Waals surface area contributed by atoms with E-state index >= 15 is 0 Å². The molecule has 4 rings (SSSR count). The lowest BCUT2D eigenvalue weighted by Crippen LogP contribution is -2.32. The summed E-state index contributed by atoms with van der Waals surface area (Å²) < 4.78 is 16.5. The zero-order valence-corrected chi connectivity index (χ0v) is 18.0. The first kappa shape index (κ1) is 20.8. The predicted molar refractivity (Wildman–Crippen MR) is 122 cm³/mol. The maximum atomic E-state index is 12.8. The van der Waals surface area contributed by atoms with Gasteiger partial charge in [-0.2, -0.15) is 0 Å². The second-order valence-electron chi connectivity index (χ2n) is 6.77. The lowest BCUT2D eigenvalue weighted by molar-refractivity contribution is -0.123. The van der Waals surface area contributed by atoms with Crippen LogP contribution in [0.5, 0.6) is 17.2 Å². The zero-order chi connectivity index (χ0) is 21.8. The van der Waals surface area contributed by atoms with Crippen molar-refractivity contribution in [3.8, 4) is 17.2 Å². The molecule has 1 saturated heterocycles. The minimum absolute atomic E-state index is 0.167. The van der Waals surface area contributed by atoms with E-state index in [9.17, 15) is 9.59 Å². The van der Waals surface area contributed by atoms with Crippen LogP contribution in [-0.2, 0) is 4.79 Å². The second kappa shape index (κ2) is 9.14. The molecule has 1 heterocycles. The van der Waals surface area contributed by atoms with Crippen LogP contribution in [-0.4, -0.2) is 43.4 Å². The van der Waals surface area contributed by atoms with E-state index in [4.69, 9.17) is 14.2 Å². The highest BCUT2D eigenvalue weighted by molar-refractivity contribution is 8.18. The number of amides is 2. The summed E-state index contributed by atoms with van der Waals surface area (Å²) in [5, 5.41) is 1.74. The number of ether oxygens (including phenoxy) is 3. The molecule has 0 aromatic heterocycles. The van der Waals surface area contributed by atoms with Crippen LogP contribution in [0.3, 0.4) is 0 Å². The molecule has 0 spiro atoms. The molecule has 1 fully saturated rings. The standard InChI is InChI=1S/C24H21NO5S/c1-28-18-10-11-20(29-2)17(14-18)15-22-23(26)25(24(27)31-22)12-13-30-21-9-5-7-16-6-3-4-8-19(16)21/h3-11,14-15H,12-13H2,1-2H3/b22-15-. The maximum Gasteiger partial charge on any atom is 0.293 e. The molecule has 1 aliphatic rings. The number of thioether (sulfide) groups is 1. The zero-order valence-electron chi connectivity index (χ0n) is 17.2. The van der Waals surface area contributed by atoms with Crippen LogP contribution in [0.25, 0.3) is 16.8 Å². The summed E-state index contributed by atoms with van der Waals surface area (Å²) in [5.74, 6) is 1.60. The number of rotatable bonds is 7. The van der Waals surface area contributed by atoms with E-state index in [0.717, 1.165) is 28.3 Å². The Labute approximate surface area is 184 Å². The molecule has 3 aromatic carbocycles. The Morgan fingerprint density at radius 3 is 2.55 bits per heavy atom. The molecule has 6 nitrogen and oxygen atoms in total. The van der Waals surface area contributed by atoms with E-state index in [1.165, 1.54) is 4.90 Å². The number of carbonyl (C=O) groups is 2. The first-order valence-electron chi connectivity index (χ1n) is 9.68. The summed E-state index contributed by atoms with van der Waals surface area (Å²) in [7, 11) is 3.12. The predicted octanol–water partition coefficient (Wildman–Crippen LogP) is 4.97. The van der Waals surface area contributed by atoms with Crippen molar-refractivity contribution in [2.75, 3.05) is 27.4 Å². The van der Waals surface area contributed by atoms with Gasteiger partial charge in [-0.25, -0.2) is 0 Å². The van der Waals surface area contributed by atoms with Crippen LogP contribution in [0.15, 0.2) is 65.6 Å². The Bertz CT molecular complexity index is 1170. The van der Waals surface area contributed by atoms with E-state index in [1.807, 2.05) is 42.5 Å². The highest BCUT2D eigenvalue weighted by atomic mass is 32.2. The molecule has 3 aromatic rings. The van der Waals surface area contributed by atoms with Gasteiger partial charge in [0.15, 0.2) is 0 Å². The molecular weight excluding hydrogens is 414 g/mol. The highest BCUT2D eigenvalue weighted by Crippen LogP contribution is 2.35. The van der Waals surface area contributed by atoms with Crippen LogP contribution in [0.2, 0.25) is 0 Å². The molecule has 0 saturated carbocycles. The first-order chi connectivity index (χ1) is 15.1. The lowest BCUT2D eigenvalue weighted by Gasteiger charge is -2.14. The van der Waals surface area contributed by atoms with Gasteiger partial charge in [0.05, 0.1) is 25.7 Å². The van der Waals surface area contributed by atoms with Crippen molar-refractivity contribution < 1.29 is 23.8 Å². The third kappa shape index (κ3) is 4.36. The van der Waals surface area contributed by atoms with Gasteiger partial charge in [-0.15, -0.1) is 0 Å². The van der Waals surface area contributed by atoms with Crippen molar-refractivity contribution in [3.63, 3.8) is 0 Å². The molecule has 1 aliphatic heterocycles. The minimum atomic E-state index is -0.346. The molecule has 0 atom stereocenters. The van der Waals surface area contributed by atoms with Gasteiger partial charge >= 0.3 is 0 Å². The number of imide groups is 1. The van der Waals surface area contributed by atoms with Crippen LogP contribution in [0.4, 0.5) is 4.79 Å². The topological polar surface area (TPSA) is 65.1 Å². The van der Waals surface area contributed by atoms with E-state index in [-0.39, 0.29) is 24.3 Å². The van der Waals surface area contributed by atoms with Crippen LogP contribution < -0.4 is 14.2 Å². The van der Waals surface area contributed by atoms with Gasteiger partial charge in [-0.05, 0) is 47.5 Å². The third-order valence-electron chi connectivity index (χ3n) is 4.92. The summed E-state index contributed by atoms with van der Waals surface area (Å²) in [5.41, 5.74) is 0.666. The summed E-state index contributed by atoms with van der Waals surface area (Å²) in [6, 6.07) is 19.0. The molecule has 7 heteroatoms. The lowest BCUT2D eigenvalue weighted by atomic mass is 10.1. The average Bonchev–Trinajstić information content (AvgIpc) is 3.06. The number of benzene rings is 3. The van der Waals surface area contributed by atoms with Crippen LogP contribution in [0, 0.1) is 0 Å². The molecule has 0 radical (unpaired) electrons. The SMILES string of the molecule is COc1ccc(OC)c(/C=C2\SC(=O)N(CCOc3cccc4ccccc34)C2=O)c1. The highest BCUT2D eigenvalue weighted by Gasteiger charge is 2.35. The number of carbonyl (C=O) groups excluding carboxylic acids is 2. The van der Waals surface area contributed by atoms with Crippen LogP contribution >= 0.6 is 11.8 Å². The van der Waals surface area contributed by atoms with Gasteiger partial charge in [0.25, 0.3) is 11.1 Å². The van der Waals surface area contributed by atoms with Gasteiger partial charge in [0, 0.05) is 10.9 Å². The van der Waals surface area contributed by atoms with Crippen molar-refractivity contribution in [3.05, 3.63) is 71.1 Å². The number of nitrogens with zero attached hydrogens (tertiary/aromatic N) is 1. The monoisotopic (exact) mass is 435 g/mol. The first-order valence-corrected chi connectivity index (χ1v) is 10.5. The minimum Gasteiger partial charge on any atom is -0.497 e. The largest absolute Gasteiger partial charge is 0.497 e. The van der Waals surface area contributed by atoms with E-state index in [0.29, 0.717) is 22.0 Å². The maximum absolute atomic E-state index is 12.8. The molecule has 0 N–H and O–H groups in total. The molecule has 0 unspecified atom stereocenters. The molecule has 2 amide bonds. The Morgan fingerprint density at radius 1 is 0.935 bits per heavy atom. The van der Waals surface area contributed by atoms with Crippen molar-refractivity contribution in [1.29, 1.82) is 0 Å². The number of methoxy groups -OCH3 is 2. The summed E-state index contributed by atoms with van der Waals surface area (Å²) in [4.78, 5) is 26.8. The van der Waals surface area contributed by atoms with Gasteiger partial charge < -0.3 is 14.2 Å². The Hall–Kier alpha value is -3.45. The Balaban J connectivity index is 1.47. The van der Waals surface area contributed by atoms with Gasteiger partial charge in [0.1, 0.15) is 23.9 Å². The molecule has 158 valence electrons. The summed E-state index contributed by atoms with van der Waals surface area (Å²) in [6.45, 7) is 0.377. The van der Waals surface area contributed by atoms with Crippen molar-refractivity contribution in [2.45, 2.75) is 0 Å². The number of hydrogen-bond acceptors (Lipinski definition) is 6. The smallest absolute Gasteiger partial charge is 0.293 e. The van der Waals surface area contributed by atoms with E-state index in [1.54, 1.807) is 38.5 Å². The quantitative estimate of drug-likeness (QED) is 0.488. The fourth-order valence-electron chi connectivity index (χ4n) is 3.35. The van der Waals surface area contributed by atoms with E-state index in [2.05, 4.69) is 0 Å². The Morgan fingerprint density at radius 2 is 1.74 bits per heavy atom. The fourth-order valence-corrected chi connectivity index (χ4v) is 4.21.